The van der Waals surface area contributed by atoms with Crippen LogP contribution in [0.3, 0.4) is 0 Å². The molecule has 1 atom stereocenters. The molecule has 0 spiro atoms. The largest absolute Gasteiger partial charge is 0.480 e. The van der Waals surface area contributed by atoms with Crippen LogP contribution in [0.15, 0.2) is 0 Å². The van der Waals surface area contributed by atoms with Crippen molar-refractivity contribution in [3.05, 3.63) is 0 Å². The molecule has 0 aromatic rings. The number of carboxylic acid groups (broad SMARTS) is 1. The van der Waals surface area contributed by atoms with Crippen LogP contribution in [-0.2, 0) is 4.79 Å². The second-order valence-electron chi connectivity index (χ2n) is 4.18. The summed E-state index contributed by atoms with van der Waals surface area (Å²) in [5.74, 6) is -0.920. The van der Waals surface area contributed by atoms with Crippen LogP contribution in [0.25, 0.3) is 0 Å². The van der Waals surface area contributed by atoms with E-state index in [2.05, 4.69) is 4.90 Å². The Labute approximate surface area is 78.7 Å². The first kappa shape index (κ1) is 10.5. The molecule has 4 heteroatoms. The highest BCUT2D eigenvalue weighted by Gasteiger charge is 2.31. The van der Waals surface area contributed by atoms with Gasteiger partial charge in [0.2, 0.25) is 0 Å². The van der Waals surface area contributed by atoms with E-state index in [1.807, 2.05) is 7.05 Å². The molecule has 0 aromatic heterocycles. The van der Waals surface area contributed by atoms with Crippen LogP contribution in [-0.4, -0.2) is 41.1 Å². The molecule has 0 amide bonds. The van der Waals surface area contributed by atoms with Crippen molar-refractivity contribution in [1.29, 1.82) is 0 Å². The molecule has 1 rings (SSSR count). The molecule has 0 aliphatic heterocycles. The summed E-state index contributed by atoms with van der Waals surface area (Å²) in [6, 6.07) is 0.671. The predicted molar refractivity (Wildman–Crippen MR) is 50.5 cm³/mol. The number of nitrogens with two attached hydrogens (primary N) is 1. The van der Waals surface area contributed by atoms with Crippen LogP contribution >= 0.6 is 0 Å². The number of carbonyl (C=O) groups is 1. The summed E-state index contributed by atoms with van der Waals surface area (Å²) >= 11 is 0. The maximum Gasteiger partial charge on any atom is 0.323 e. The van der Waals surface area contributed by atoms with Gasteiger partial charge in [-0.3, -0.25) is 4.79 Å². The normalized spacial score (nSPS) is 21.5. The number of aliphatic carboxylic acids is 1. The van der Waals surface area contributed by atoms with Gasteiger partial charge < -0.3 is 15.7 Å². The van der Waals surface area contributed by atoms with Gasteiger partial charge in [-0.1, -0.05) is 0 Å². The fourth-order valence-corrected chi connectivity index (χ4v) is 1.21. The molecular formula is C9H18N2O2. The van der Waals surface area contributed by atoms with Crippen molar-refractivity contribution in [2.75, 3.05) is 13.6 Å². The Morgan fingerprint density at radius 1 is 1.69 bits per heavy atom. The van der Waals surface area contributed by atoms with Crippen molar-refractivity contribution in [2.24, 2.45) is 5.73 Å². The van der Waals surface area contributed by atoms with E-state index >= 15 is 0 Å². The maximum absolute atomic E-state index is 10.7. The van der Waals surface area contributed by atoms with Crippen LogP contribution in [0.5, 0.6) is 0 Å². The summed E-state index contributed by atoms with van der Waals surface area (Å²) in [6.07, 6.45) is 2.99. The average Bonchev–Trinajstić information content (AvgIpc) is 2.82. The van der Waals surface area contributed by atoms with Crippen LogP contribution in [0, 0.1) is 0 Å². The highest BCUT2D eigenvalue weighted by Crippen LogP contribution is 2.25. The molecule has 1 saturated carbocycles. The fraction of sp³-hybridized carbons (Fsp3) is 0.889. The number of hydrogen-bond donors (Lipinski definition) is 2. The lowest BCUT2D eigenvalue weighted by Gasteiger charge is -2.23. The molecule has 4 nitrogen and oxygen atoms in total. The van der Waals surface area contributed by atoms with E-state index in [4.69, 9.17) is 10.8 Å². The maximum atomic E-state index is 10.7. The molecule has 1 aliphatic carbocycles. The first-order chi connectivity index (χ1) is 5.93. The summed E-state index contributed by atoms with van der Waals surface area (Å²) in [7, 11) is 2.02. The van der Waals surface area contributed by atoms with Crippen LogP contribution in [0.2, 0.25) is 0 Å². The van der Waals surface area contributed by atoms with E-state index in [9.17, 15) is 4.79 Å². The third-order valence-corrected chi connectivity index (χ3v) is 2.64. The summed E-state index contributed by atoms with van der Waals surface area (Å²) < 4.78 is 0. The molecule has 76 valence electrons. The van der Waals surface area contributed by atoms with Gasteiger partial charge in [-0.25, -0.2) is 0 Å². The van der Waals surface area contributed by atoms with Crippen molar-refractivity contribution in [3.8, 4) is 0 Å². The zero-order valence-corrected chi connectivity index (χ0v) is 8.29. The third kappa shape index (κ3) is 2.97. The average molecular weight is 186 g/mol. The van der Waals surface area contributed by atoms with E-state index in [0.29, 0.717) is 12.5 Å². The van der Waals surface area contributed by atoms with Gasteiger partial charge in [0.15, 0.2) is 0 Å². The van der Waals surface area contributed by atoms with Crippen LogP contribution in [0.4, 0.5) is 0 Å². The predicted octanol–water partition coefficient (Wildman–Crippen LogP) is 0.273. The molecule has 0 heterocycles. The van der Waals surface area contributed by atoms with Gasteiger partial charge in [0.1, 0.15) is 5.54 Å². The Kier molecular flexibility index (Phi) is 2.93. The quantitative estimate of drug-likeness (QED) is 0.647. The minimum Gasteiger partial charge on any atom is -0.480 e. The Morgan fingerprint density at radius 2 is 2.23 bits per heavy atom. The van der Waals surface area contributed by atoms with Crippen molar-refractivity contribution in [1.82, 2.24) is 4.90 Å². The van der Waals surface area contributed by atoms with E-state index in [0.717, 1.165) is 6.54 Å². The number of hydrogen-bond acceptors (Lipinski definition) is 3. The van der Waals surface area contributed by atoms with Gasteiger partial charge in [0, 0.05) is 12.6 Å². The SMILES string of the molecule is CN(CCC(C)(N)C(=O)O)C1CC1. The molecular weight excluding hydrogens is 168 g/mol. The van der Waals surface area contributed by atoms with E-state index in [-0.39, 0.29) is 0 Å². The Bertz CT molecular complexity index is 200. The smallest absolute Gasteiger partial charge is 0.323 e. The second kappa shape index (κ2) is 3.64. The zero-order chi connectivity index (χ0) is 10.1. The van der Waals surface area contributed by atoms with Crippen LogP contribution < -0.4 is 5.73 Å². The lowest BCUT2D eigenvalue weighted by atomic mass is 9.99. The molecule has 0 radical (unpaired) electrons. The second-order valence-corrected chi connectivity index (χ2v) is 4.18. The molecule has 1 fully saturated rings. The molecule has 0 aromatic carbocycles. The minimum absolute atomic E-state index is 0.509. The molecule has 1 aliphatic rings. The summed E-state index contributed by atoms with van der Waals surface area (Å²) in [5.41, 5.74) is 4.52. The Morgan fingerprint density at radius 3 is 2.62 bits per heavy atom. The van der Waals surface area contributed by atoms with Gasteiger partial charge in [0.05, 0.1) is 0 Å². The lowest BCUT2D eigenvalue weighted by molar-refractivity contribution is -0.143. The first-order valence-electron chi connectivity index (χ1n) is 4.66. The van der Waals surface area contributed by atoms with E-state index in [1.54, 1.807) is 6.92 Å². The third-order valence-electron chi connectivity index (χ3n) is 2.64. The van der Waals surface area contributed by atoms with Crippen molar-refractivity contribution in [2.45, 2.75) is 37.8 Å². The van der Waals surface area contributed by atoms with E-state index in [1.165, 1.54) is 12.8 Å². The number of rotatable bonds is 5. The summed E-state index contributed by atoms with van der Waals surface area (Å²) in [5, 5.41) is 8.76. The minimum atomic E-state index is -1.08. The highest BCUT2D eigenvalue weighted by atomic mass is 16.4. The number of nitrogens with zero attached hydrogens (tertiary/aromatic N) is 1. The molecule has 3 N–H and O–H groups in total. The van der Waals surface area contributed by atoms with Gasteiger partial charge >= 0.3 is 5.97 Å². The topological polar surface area (TPSA) is 66.6 Å². The van der Waals surface area contributed by atoms with Crippen LogP contribution in [0.1, 0.15) is 26.2 Å². The van der Waals surface area contributed by atoms with Gasteiger partial charge in [-0.15, -0.1) is 0 Å². The van der Waals surface area contributed by atoms with Crippen molar-refractivity contribution >= 4 is 5.97 Å². The monoisotopic (exact) mass is 186 g/mol. The van der Waals surface area contributed by atoms with Crippen molar-refractivity contribution in [3.63, 3.8) is 0 Å². The molecule has 0 bridgehead atoms. The molecule has 1 unspecified atom stereocenters. The van der Waals surface area contributed by atoms with Crippen molar-refractivity contribution < 1.29 is 9.90 Å². The Balaban J connectivity index is 2.27. The standard InChI is InChI=1S/C9H18N2O2/c1-9(10,8(12)13)5-6-11(2)7-3-4-7/h7H,3-6,10H2,1-2H3,(H,12,13). The number of carboxylic acids is 1. The fourth-order valence-electron chi connectivity index (χ4n) is 1.21. The summed E-state index contributed by atoms with van der Waals surface area (Å²) in [4.78, 5) is 12.9. The van der Waals surface area contributed by atoms with Gasteiger partial charge in [0.25, 0.3) is 0 Å². The van der Waals surface area contributed by atoms with Gasteiger partial charge in [-0.2, -0.15) is 0 Å². The highest BCUT2D eigenvalue weighted by molar-refractivity contribution is 5.77. The van der Waals surface area contributed by atoms with Gasteiger partial charge in [-0.05, 0) is 33.2 Å². The Hall–Kier alpha value is -0.610. The first-order valence-corrected chi connectivity index (χ1v) is 4.66. The molecule has 0 saturated heterocycles. The zero-order valence-electron chi connectivity index (χ0n) is 8.29. The molecule has 13 heavy (non-hydrogen) atoms. The summed E-state index contributed by atoms with van der Waals surface area (Å²) in [6.45, 7) is 2.33. The van der Waals surface area contributed by atoms with E-state index < -0.39 is 11.5 Å². The lowest BCUT2D eigenvalue weighted by Crippen LogP contribution is -2.47.